The van der Waals surface area contributed by atoms with Crippen LogP contribution in [-0.2, 0) is 12.8 Å². The molecule has 0 spiro atoms. The molecular weight excluding hydrogens is 206 g/mol. The van der Waals surface area contributed by atoms with Gasteiger partial charge in [-0.25, -0.2) is 4.79 Å². The van der Waals surface area contributed by atoms with Crippen LogP contribution in [-0.4, -0.2) is 22.9 Å². The molecule has 1 aromatic rings. The molecule has 1 aromatic carbocycles. The van der Waals surface area contributed by atoms with Crippen molar-refractivity contribution in [1.82, 2.24) is 5.32 Å². The summed E-state index contributed by atoms with van der Waals surface area (Å²) in [6, 6.07) is 5.97. The van der Waals surface area contributed by atoms with Crippen LogP contribution in [0.4, 0.5) is 4.79 Å². The SMILES string of the molecule is O=C(O)NCCc1ccc2c(c1)CCC2O. The molecule has 1 unspecified atom stereocenters. The van der Waals surface area contributed by atoms with Crippen LogP contribution >= 0.6 is 0 Å². The Morgan fingerprint density at radius 2 is 2.31 bits per heavy atom. The van der Waals surface area contributed by atoms with Crippen LogP contribution in [0.3, 0.4) is 0 Å². The molecule has 0 bridgehead atoms. The number of nitrogens with one attached hydrogen (secondary N) is 1. The van der Waals surface area contributed by atoms with Gasteiger partial charge >= 0.3 is 6.09 Å². The molecule has 4 heteroatoms. The normalized spacial score (nSPS) is 18.2. The van der Waals surface area contributed by atoms with Crippen molar-refractivity contribution >= 4 is 6.09 Å². The highest BCUT2D eigenvalue weighted by molar-refractivity contribution is 5.64. The fourth-order valence-corrected chi connectivity index (χ4v) is 2.12. The number of hydrogen-bond acceptors (Lipinski definition) is 2. The molecule has 0 saturated heterocycles. The second-order valence-corrected chi connectivity index (χ2v) is 4.07. The monoisotopic (exact) mass is 221 g/mol. The lowest BCUT2D eigenvalue weighted by Crippen LogP contribution is -2.23. The molecule has 0 heterocycles. The van der Waals surface area contributed by atoms with E-state index >= 15 is 0 Å². The molecule has 0 aromatic heterocycles. The number of amides is 1. The molecule has 0 fully saturated rings. The quantitative estimate of drug-likeness (QED) is 0.724. The second kappa shape index (κ2) is 4.53. The fourth-order valence-electron chi connectivity index (χ4n) is 2.12. The first-order chi connectivity index (χ1) is 7.66. The molecule has 86 valence electrons. The number of rotatable bonds is 3. The summed E-state index contributed by atoms with van der Waals surface area (Å²) >= 11 is 0. The van der Waals surface area contributed by atoms with Crippen LogP contribution in [0.1, 0.15) is 29.2 Å². The highest BCUT2D eigenvalue weighted by atomic mass is 16.4. The van der Waals surface area contributed by atoms with Gasteiger partial charge in [-0.05, 0) is 36.0 Å². The summed E-state index contributed by atoms with van der Waals surface area (Å²) in [6.07, 6.45) is 1.09. The van der Waals surface area contributed by atoms with Gasteiger partial charge in [-0.2, -0.15) is 0 Å². The Kier molecular flexibility index (Phi) is 3.10. The molecule has 1 amide bonds. The molecule has 1 aliphatic rings. The summed E-state index contributed by atoms with van der Waals surface area (Å²) in [5.41, 5.74) is 3.33. The molecule has 1 aliphatic carbocycles. The minimum atomic E-state index is -0.989. The van der Waals surface area contributed by atoms with Crippen molar-refractivity contribution in [1.29, 1.82) is 0 Å². The largest absolute Gasteiger partial charge is 0.465 e. The van der Waals surface area contributed by atoms with Gasteiger partial charge in [0.25, 0.3) is 0 Å². The molecule has 1 atom stereocenters. The number of aryl methyl sites for hydroxylation is 1. The van der Waals surface area contributed by atoms with Crippen molar-refractivity contribution in [3.63, 3.8) is 0 Å². The Morgan fingerprint density at radius 1 is 1.50 bits per heavy atom. The summed E-state index contributed by atoms with van der Waals surface area (Å²) in [7, 11) is 0. The van der Waals surface area contributed by atoms with E-state index in [0.717, 1.165) is 24.0 Å². The van der Waals surface area contributed by atoms with Gasteiger partial charge in [-0.3, -0.25) is 0 Å². The van der Waals surface area contributed by atoms with Crippen LogP contribution in [0.25, 0.3) is 0 Å². The third kappa shape index (κ3) is 2.33. The van der Waals surface area contributed by atoms with Crippen LogP contribution in [0.15, 0.2) is 18.2 Å². The Morgan fingerprint density at radius 3 is 3.06 bits per heavy atom. The summed E-state index contributed by atoms with van der Waals surface area (Å²) in [6.45, 7) is 0.427. The van der Waals surface area contributed by atoms with E-state index in [-0.39, 0.29) is 6.10 Å². The highest BCUT2D eigenvalue weighted by Gasteiger charge is 2.19. The van der Waals surface area contributed by atoms with Gasteiger partial charge in [0.1, 0.15) is 0 Å². The number of fused-ring (bicyclic) bond motifs is 1. The molecule has 4 nitrogen and oxygen atoms in total. The number of hydrogen-bond donors (Lipinski definition) is 3. The minimum absolute atomic E-state index is 0.318. The molecule has 0 radical (unpaired) electrons. The molecular formula is C12H15NO3. The summed E-state index contributed by atoms with van der Waals surface area (Å²) in [5, 5.41) is 20.4. The third-order valence-corrected chi connectivity index (χ3v) is 2.94. The number of benzene rings is 1. The number of carbonyl (C=O) groups is 1. The molecule has 3 N–H and O–H groups in total. The highest BCUT2D eigenvalue weighted by Crippen LogP contribution is 2.31. The van der Waals surface area contributed by atoms with E-state index in [1.165, 1.54) is 5.56 Å². The topological polar surface area (TPSA) is 69.6 Å². The Labute approximate surface area is 93.9 Å². The van der Waals surface area contributed by atoms with Gasteiger partial charge < -0.3 is 15.5 Å². The Hall–Kier alpha value is -1.55. The maximum Gasteiger partial charge on any atom is 0.404 e. The fraction of sp³-hybridized carbons (Fsp3) is 0.417. The maximum absolute atomic E-state index is 10.3. The number of aliphatic hydroxyl groups is 1. The Balaban J connectivity index is 1.99. The predicted octanol–water partition coefficient (Wildman–Crippen LogP) is 1.48. The lowest BCUT2D eigenvalue weighted by Gasteiger charge is -2.06. The van der Waals surface area contributed by atoms with Crippen molar-refractivity contribution in [2.24, 2.45) is 0 Å². The van der Waals surface area contributed by atoms with Gasteiger partial charge in [0.2, 0.25) is 0 Å². The molecule has 2 rings (SSSR count). The summed E-state index contributed by atoms with van der Waals surface area (Å²) < 4.78 is 0. The zero-order chi connectivity index (χ0) is 11.5. The van der Waals surface area contributed by atoms with E-state index in [0.29, 0.717) is 13.0 Å². The first-order valence-corrected chi connectivity index (χ1v) is 5.43. The lowest BCUT2D eigenvalue weighted by molar-refractivity contribution is 0.180. The van der Waals surface area contributed by atoms with E-state index < -0.39 is 6.09 Å². The van der Waals surface area contributed by atoms with Gasteiger partial charge in [0, 0.05) is 6.54 Å². The lowest BCUT2D eigenvalue weighted by atomic mass is 10.0. The Bertz CT molecular complexity index is 403. The number of aliphatic hydroxyl groups excluding tert-OH is 1. The van der Waals surface area contributed by atoms with Gasteiger partial charge in [0.15, 0.2) is 0 Å². The molecule has 16 heavy (non-hydrogen) atoms. The second-order valence-electron chi connectivity index (χ2n) is 4.07. The first kappa shape index (κ1) is 11.0. The van der Waals surface area contributed by atoms with Crippen molar-refractivity contribution in [2.75, 3.05) is 6.54 Å². The number of carboxylic acid groups (broad SMARTS) is 1. The minimum Gasteiger partial charge on any atom is -0.465 e. The predicted molar refractivity (Wildman–Crippen MR) is 59.5 cm³/mol. The van der Waals surface area contributed by atoms with Gasteiger partial charge in [-0.1, -0.05) is 18.2 Å². The standard InChI is InChI=1S/C12H15NO3/c14-11-4-2-9-7-8(1-3-10(9)11)5-6-13-12(15)16/h1,3,7,11,13-14H,2,4-6H2,(H,15,16). The zero-order valence-electron chi connectivity index (χ0n) is 8.94. The van der Waals surface area contributed by atoms with Gasteiger partial charge in [0.05, 0.1) is 6.10 Å². The van der Waals surface area contributed by atoms with Crippen molar-refractivity contribution in [3.05, 3.63) is 34.9 Å². The van der Waals surface area contributed by atoms with Crippen molar-refractivity contribution < 1.29 is 15.0 Å². The van der Waals surface area contributed by atoms with Crippen LogP contribution in [0.5, 0.6) is 0 Å². The van der Waals surface area contributed by atoms with E-state index in [2.05, 4.69) is 11.4 Å². The summed E-state index contributed by atoms with van der Waals surface area (Å²) in [4.78, 5) is 10.3. The average Bonchev–Trinajstić information content (AvgIpc) is 2.60. The zero-order valence-corrected chi connectivity index (χ0v) is 8.94. The van der Waals surface area contributed by atoms with E-state index in [4.69, 9.17) is 5.11 Å². The maximum atomic E-state index is 10.3. The smallest absolute Gasteiger partial charge is 0.404 e. The van der Waals surface area contributed by atoms with E-state index in [1.807, 2.05) is 12.1 Å². The van der Waals surface area contributed by atoms with Crippen LogP contribution < -0.4 is 5.32 Å². The molecule has 0 aliphatic heterocycles. The van der Waals surface area contributed by atoms with E-state index in [9.17, 15) is 9.90 Å². The van der Waals surface area contributed by atoms with Crippen molar-refractivity contribution in [3.8, 4) is 0 Å². The van der Waals surface area contributed by atoms with Crippen LogP contribution in [0, 0.1) is 0 Å². The van der Waals surface area contributed by atoms with Crippen molar-refractivity contribution in [2.45, 2.75) is 25.4 Å². The first-order valence-electron chi connectivity index (χ1n) is 5.43. The van der Waals surface area contributed by atoms with E-state index in [1.54, 1.807) is 0 Å². The van der Waals surface area contributed by atoms with Crippen LogP contribution in [0.2, 0.25) is 0 Å². The van der Waals surface area contributed by atoms with Gasteiger partial charge in [-0.15, -0.1) is 0 Å². The summed E-state index contributed by atoms with van der Waals surface area (Å²) in [5.74, 6) is 0. The molecule has 0 saturated carbocycles. The average molecular weight is 221 g/mol. The third-order valence-electron chi connectivity index (χ3n) is 2.94.